The van der Waals surface area contributed by atoms with Crippen molar-refractivity contribution in [1.82, 2.24) is 0 Å². The van der Waals surface area contributed by atoms with E-state index >= 15 is 0 Å². The van der Waals surface area contributed by atoms with E-state index in [9.17, 15) is 14.7 Å². The van der Waals surface area contributed by atoms with Crippen molar-refractivity contribution in [3.8, 4) is 5.75 Å². The molecule has 1 aliphatic rings. The van der Waals surface area contributed by atoms with E-state index in [0.717, 1.165) is 29.5 Å². The first kappa shape index (κ1) is 16.6. The molecule has 1 aliphatic carbocycles. The highest BCUT2D eigenvalue weighted by molar-refractivity contribution is 7.80. The number of carbonyl (C=O) groups excluding carboxylic acids is 2. The molecule has 24 heavy (non-hydrogen) atoms. The summed E-state index contributed by atoms with van der Waals surface area (Å²) in [5.74, 6) is -0.105. The molecule has 3 rings (SSSR count). The summed E-state index contributed by atoms with van der Waals surface area (Å²) >= 11 is 4.35. The second-order valence-electron chi connectivity index (χ2n) is 5.89. The van der Waals surface area contributed by atoms with Gasteiger partial charge in [0, 0.05) is 28.9 Å². The first-order valence-corrected chi connectivity index (χ1v) is 8.23. The van der Waals surface area contributed by atoms with Gasteiger partial charge in [-0.2, -0.15) is 0 Å². The first-order valence-electron chi connectivity index (χ1n) is 7.78. The van der Waals surface area contributed by atoms with Gasteiger partial charge in [0.2, 0.25) is 0 Å². The first-order chi connectivity index (χ1) is 11.5. The fraction of sp³-hybridized carbons (Fsp3) is 0.263. The number of phenolic OH excluding ortho intramolecular Hbond substituents is 1. The molecular weight excluding hydrogens is 324 g/mol. The number of ketones is 1. The number of Topliss-reactive ketones (excluding diaryl/α,β-unsaturated/α-hetero) is 1. The fourth-order valence-electron chi connectivity index (χ4n) is 3.16. The summed E-state index contributed by atoms with van der Waals surface area (Å²) in [7, 11) is 1.33. The SMILES string of the molecule is COC(=O)c1ccc(Cc2c(O)ccc3c2CCCC3=O)cc1S. The predicted octanol–water partition coefficient (Wildman–Crippen LogP) is 3.58. The van der Waals surface area contributed by atoms with Crippen molar-refractivity contribution < 1.29 is 19.4 Å². The maximum absolute atomic E-state index is 12.1. The maximum atomic E-state index is 12.1. The Morgan fingerprint density at radius 2 is 2.04 bits per heavy atom. The normalized spacial score (nSPS) is 13.5. The number of ether oxygens (including phenoxy) is 1. The number of benzene rings is 2. The Hall–Kier alpha value is -2.27. The molecule has 0 spiro atoms. The minimum atomic E-state index is -0.433. The van der Waals surface area contributed by atoms with E-state index in [1.807, 2.05) is 6.07 Å². The summed E-state index contributed by atoms with van der Waals surface area (Å²) in [6.07, 6.45) is 2.64. The van der Waals surface area contributed by atoms with E-state index in [1.165, 1.54) is 7.11 Å². The van der Waals surface area contributed by atoms with Gasteiger partial charge in [-0.15, -0.1) is 12.6 Å². The van der Waals surface area contributed by atoms with Gasteiger partial charge in [0.15, 0.2) is 5.78 Å². The van der Waals surface area contributed by atoms with Gasteiger partial charge in [0.1, 0.15) is 5.75 Å². The quantitative estimate of drug-likeness (QED) is 0.661. The van der Waals surface area contributed by atoms with Crippen LogP contribution in [0.4, 0.5) is 0 Å². The van der Waals surface area contributed by atoms with Crippen LogP contribution in [0, 0.1) is 0 Å². The third kappa shape index (κ3) is 3.04. The number of methoxy groups -OCH3 is 1. The van der Waals surface area contributed by atoms with Crippen molar-refractivity contribution in [3.63, 3.8) is 0 Å². The van der Waals surface area contributed by atoms with Crippen LogP contribution in [0.3, 0.4) is 0 Å². The van der Waals surface area contributed by atoms with Crippen LogP contribution in [0.5, 0.6) is 5.75 Å². The Morgan fingerprint density at radius 1 is 1.25 bits per heavy atom. The molecule has 5 heteroatoms. The molecule has 0 unspecified atom stereocenters. The molecule has 0 atom stereocenters. The lowest BCUT2D eigenvalue weighted by atomic mass is 9.85. The Morgan fingerprint density at radius 3 is 2.75 bits per heavy atom. The molecule has 2 aromatic rings. The van der Waals surface area contributed by atoms with Gasteiger partial charge in [-0.3, -0.25) is 4.79 Å². The zero-order valence-corrected chi connectivity index (χ0v) is 14.2. The van der Waals surface area contributed by atoms with Crippen LogP contribution < -0.4 is 0 Å². The highest BCUT2D eigenvalue weighted by Crippen LogP contribution is 2.32. The maximum Gasteiger partial charge on any atom is 0.338 e. The van der Waals surface area contributed by atoms with Gasteiger partial charge in [-0.1, -0.05) is 6.07 Å². The van der Waals surface area contributed by atoms with E-state index in [2.05, 4.69) is 12.6 Å². The molecule has 2 aromatic carbocycles. The van der Waals surface area contributed by atoms with Gasteiger partial charge in [-0.25, -0.2) is 4.79 Å². The molecule has 0 fully saturated rings. The molecule has 0 aliphatic heterocycles. The van der Waals surface area contributed by atoms with Gasteiger partial charge in [-0.05, 0) is 48.2 Å². The average molecular weight is 342 g/mol. The molecule has 0 amide bonds. The summed E-state index contributed by atoms with van der Waals surface area (Å²) < 4.78 is 4.72. The number of thiol groups is 1. The van der Waals surface area contributed by atoms with Gasteiger partial charge < -0.3 is 9.84 Å². The second-order valence-corrected chi connectivity index (χ2v) is 6.37. The summed E-state index contributed by atoms with van der Waals surface area (Å²) in [4.78, 5) is 24.2. The van der Waals surface area contributed by atoms with Crippen molar-refractivity contribution in [1.29, 1.82) is 0 Å². The van der Waals surface area contributed by atoms with Crippen molar-refractivity contribution in [2.24, 2.45) is 0 Å². The Kier molecular flexibility index (Phi) is 4.62. The lowest BCUT2D eigenvalue weighted by molar-refractivity contribution is 0.0596. The second kappa shape index (κ2) is 6.69. The molecule has 0 saturated heterocycles. The van der Waals surface area contributed by atoms with E-state index < -0.39 is 5.97 Å². The van der Waals surface area contributed by atoms with Crippen molar-refractivity contribution in [2.75, 3.05) is 7.11 Å². The zero-order chi connectivity index (χ0) is 17.3. The van der Waals surface area contributed by atoms with Crippen LogP contribution in [0.1, 0.15) is 50.2 Å². The topological polar surface area (TPSA) is 63.6 Å². The molecule has 0 heterocycles. The number of fused-ring (bicyclic) bond motifs is 1. The Balaban J connectivity index is 1.97. The highest BCUT2D eigenvalue weighted by Gasteiger charge is 2.22. The van der Waals surface area contributed by atoms with Gasteiger partial charge in [0.05, 0.1) is 12.7 Å². The summed E-state index contributed by atoms with van der Waals surface area (Å²) in [6.45, 7) is 0. The van der Waals surface area contributed by atoms with Crippen molar-refractivity contribution in [2.45, 2.75) is 30.6 Å². The molecule has 0 bridgehead atoms. The summed E-state index contributed by atoms with van der Waals surface area (Å²) in [5, 5.41) is 10.3. The number of aromatic hydroxyl groups is 1. The summed E-state index contributed by atoms with van der Waals surface area (Å²) in [6, 6.07) is 8.57. The Labute approximate surface area is 145 Å². The number of hydrogen-bond acceptors (Lipinski definition) is 5. The number of phenols is 1. The third-order valence-electron chi connectivity index (χ3n) is 4.39. The van der Waals surface area contributed by atoms with Crippen molar-refractivity contribution in [3.05, 3.63) is 58.1 Å². The minimum Gasteiger partial charge on any atom is -0.508 e. The van der Waals surface area contributed by atoms with Gasteiger partial charge >= 0.3 is 5.97 Å². The van der Waals surface area contributed by atoms with Crippen LogP contribution in [0.25, 0.3) is 0 Å². The van der Waals surface area contributed by atoms with Crippen LogP contribution >= 0.6 is 12.6 Å². The van der Waals surface area contributed by atoms with Gasteiger partial charge in [0.25, 0.3) is 0 Å². The van der Waals surface area contributed by atoms with E-state index in [-0.39, 0.29) is 11.5 Å². The van der Waals surface area contributed by atoms with Crippen LogP contribution in [0.15, 0.2) is 35.2 Å². The van der Waals surface area contributed by atoms with E-state index in [0.29, 0.717) is 28.9 Å². The monoisotopic (exact) mass is 342 g/mol. The lowest BCUT2D eigenvalue weighted by Crippen LogP contribution is -2.13. The number of carbonyl (C=O) groups is 2. The molecule has 0 aromatic heterocycles. The van der Waals surface area contributed by atoms with Crippen LogP contribution in [-0.2, 0) is 17.6 Å². The molecule has 4 nitrogen and oxygen atoms in total. The Bertz CT molecular complexity index is 826. The smallest absolute Gasteiger partial charge is 0.338 e. The predicted molar refractivity (Wildman–Crippen MR) is 93.2 cm³/mol. The third-order valence-corrected chi connectivity index (χ3v) is 4.76. The van der Waals surface area contributed by atoms with Crippen molar-refractivity contribution >= 4 is 24.4 Å². The average Bonchev–Trinajstić information content (AvgIpc) is 2.57. The molecular formula is C19H18O4S. The largest absolute Gasteiger partial charge is 0.508 e. The number of hydrogen-bond donors (Lipinski definition) is 2. The minimum absolute atomic E-state index is 0.133. The van der Waals surface area contributed by atoms with Crippen LogP contribution in [0.2, 0.25) is 0 Å². The fourth-order valence-corrected chi connectivity index (χ4v) is 3.49. The highest BCUT2D eigenvalue weighted by atomic mass is 32.1. The van der Waals surface area contributed by atoms with E-state index in [1.54, 1.807) is 24.3 Å². The van der Waals surface area contributed by atoms with E-state index in [4.69, 9.17) is 4.74 Å². The molecule has 124 valence electrons. The standard InChI is InChI=1S/C19H18O4S/c1-23-19(22)14-6-5-11(10-18(14)24)9-15-12-3-2-4-16(20)13(12)7-8-17(15)21/h5-8,10,21,24H,2-4,9H2,1H3. The zero-order valence-electron chi connectivity index (χ0n) is 13.3. The molecule has 1 N–H and O–H groups in total. The van der Waals surface area contributed by atoms with Crippen LogP contribution in [-0.4, -0.2) is 24.0 Å². The number of esters is 1. The molecule has 0 saturated carbocycles. The molecule has 0 radical (unpaired) electrons. The lowest BCUT2D eigenvalue weighted by Gasteiger charge is -2.20. The summed E-state index contributed by atoms with van der Waals surface area (Å²) in [5.41, 5.74) is 3.74. The number of rotatable bonds is 3.